The molecule has 0 saturated heterocycles. The molecular weight excluding hydrogens is 415 g/mol. The Morgan fingerprint density at radius 2 is 1.48 bits per heavy atom. The van der Waals surface area contributed by atoms with E-state index in [2.05, 4.69) is 0 Å². The zero-order valence-corrected chi connectivity index (χ0v) is 16.9. The number of hydrogen-bond donors (Lipinski definition) is 0. The summed E-state index contributed by atoms with van der Waals surface area (Å²) in [6.07, 6.45) is 0.954. The van der Waals surface area contributed by atoms with E-state index in [1.54, 1.807) is 13.0 Å². The highest BCUT2D eigenvalue weighted by atomic mass is 19.2. The van der Waals surface area contributed by atoms with Crippen molar-refractivity contribution in [2.45, 2.75) is 33.1 Å². The van der Waals surface area contributed by atoms with Gasteiger partial charge in [0, 0.05) is 28.7 Å². The summed E-state index contributed by atoms with van der Waals surface area (Å²) < 4.78 is 83.9. The Labute approximate surface area is 176 Å². The Morgan fingerprint density at radius 1 is 0.774 bits per heavy atom. The number of rotatable bonds is 5. The molecular formula is C24H19F5O2. The zero-order valence-electron chi connectivity index (χ0n) is 16.9. The van der Waals surface area contributed by atoms with Crippen LogP contribution in [0.3, 0.4) is 0 Å². The molecule has 1 aliphatic heterocycles. The van der Waals surface area contributed by atoms with Crippen molar-refractivity contribution in [3.63, 3.8) is 0 Å². The third-order valence-electron chi connectivity index (χ3n) is 5.24. The second-order valence-electron chi connectivity index (χ2n) is 7.27. The van der Waals surface area contributed by atoms with Crippen LogP contribution in [0.1, 0.15) is 37.0 Å². The summed E-state index contributed by atoms with van der Waals surface area (Å²) in [6, 6.07) is 6.80. The molecule has 0 N–H and O–H groups in total. The molecule has 0 radical (unpaired) electrons. The van der Waals surface area contributed by atoms with E-state index in [1.807, 2.05) is 6.92 Å². The minimum Gasteiger partial charge on any atom is -0.491 e. The van der Waals surface area contributed by atoms with Gasteiger partial charge in [0.1, 0.15) is 0 Å². The lowest BCUT2D eigenvalue weighted by Gasteiger charge is -2.23. The predicted octanol–water partition coefficient (Wildman–Crippen LogP) is 7.10. The number of benzene rings is 3. The van der Waals surface area contributed by atoms with Gasteiger partial charge in [0.25, 0.3) is 0 Å². The van der Waals surface area contributed by atoms with Crippen molar-refractivity contribution in [2.24, 2.45) is 0 Å². The second kappa shape index (κ2) is 8.21. The minimum atomic E-state index is -1.40. The van der Waals surface area contributed by atoms with E-state index in [0.29, 0.717) is 18.4 Å². The first-order valence-electron chi connectivity index (χ1n) is 9.97. The molecule has 7 heteroatoms. The van der Waals surface area contributed by atoms with Gasteiger partial charge in [0.2, 0.25) is 11.6 Å². The predicted molar refractivity (Wildman–Crippen MR) is 106 cm³/mol. The maximum absolute atomic E-state index is 14.9. The number of ether oxygens (including phenoxy) is 2. The molecule has 31 heavy (non-hydrogen) atoms. The summed E-state index contributed by atoms with van der Waals surface area (Å²) in [6.45, 7) is 3.72. The standard InChI is InChI=1S/C24H19F5O2/c1-3-5-12-6-8-15(19(26)18(12)25)16-11-14-10-13-7-9-17(30-4-2)21(28)23(13)31-24(14)22(29)20(16)27/h6-9,11H,3-5,10H2,1-2H3. The Morgan fingerprint density at radius 3 is 2.19 bits per heavy atom. The summed E-state index contributed by atoms with van der Waals surface area (Å²) in [7, 11) is 0. The van der Waals surface area contributed by atoms with Gasteiger partial charge in [-0.25, -0.2) is 13.2 Å². The van der Waals surface area contributed by atoms with Gasteiger partial charge in [-0.15, -0.1) is 0 Å². The highest BCUT2D eigenvalue weighted by molar-refractivity contribution is 5.69. The summed E-state index contributed by atoms with van der Waals surface area (Å²) >= 11 is 0. The number of halogens is 5. The first-order valence-corrected chi connectivity index (χ1v) is 9.97. The molecule has 0 spiro atoms. The molecule has 0 bridgehead atoms. The van der Waals surface area contributed by atoms with E-state index < -0.39 is 40.4 Å². The van der Waals surface area contributed by atoms with Crippen LogP contribution in [0.4, 0.5) is 22.0 Å². The van der Waals surface area contributed by atoms with E-state index >= 15 is 0 Å². The van der Waals surface area contributed by atoms with Gasteiger partial charge >= 0.3 is 0 Å². The fraction of sp³-hybridized carbons (Fsp3) is 0.250. The van der Waals surface area contributed by atoms with Gasteiger partial charge in [0.05, 0.1) is 6.61 Å². The highest BCUT2D eigenvalue weighted by Crippen LogP contribution is 2.45. The van der Waals surface area contributed by atoms with E-state index in [9.17, 15) is 22.0 Å². The van der Waals surface area contributed by atoms with Crippen molar-refractivity contribution < 1.29 is 31.4 Å². The quantitative estimate of drug-likeness (QED) is 0.312. The number of fused-ring (bicyclic) bond motifs is 2. The van der Waals surface area contributed by atoms with Gasteiger partial charge in [-0.2, -0.15) is 8.78 Å². The molecule has 0 fully saturated rings. The summed E-state index contributed by atoms with van der Waals surface area (Å²) in [5.74, 6) is -6.71. The number of aryl methyl sites for hydroxylation is 1. The van der Waals surface area contributed by atoms with Gasteiger partial charge < -0.3 is 9.47 Å². The van der Waals surface area contributed by atoms with Crippen LogP contribution in [0, 0.1) is 29.1 Å². The molecule has 1 heterocycles. The smallest absolute Gasteiger partial charge is 0.207 e. The summed E-state index contributed by atoms with van der Waals surface area (Å²) in [5.41, 5.74) is -0.0485. The second-order valence-corrected chi connectivity index (χ2v) is 7.27. The molecule has 0 aliphatic carbocycles. The van der Waals surface area contributed by atoms with Crippen molar-refractivity contribution in [2.75, 3.05) is 6.61 Å². The van der Waals surface area contributed by atoms with Gasteiger partial charge in [0.15, 0.2) is 34.7 Å². The topological polar surface area (TPSA) is 18.5 Å². The normalized spacial score (nSPS) is 12.2. The molecule has 0 saturated carbocycles. The Hall–Kier alpha value is -3.09. The Bertz CT molecular complexity index is 1170. The molecule has 3 aromatic carbocycles. The van der Waals surface area contributed by atoms with Crippen molar-refractivity contribution in [1.29, 1.82) is 0 Å². The van der Waals surface area contributed by atoms with Crippen LogP contribution in [0.15, 0.2) is 30.3 Å². The molecule has 0 aromatic heterocycles. The van der Waals surface area contributed by atoms with Gasteiger partial charge in [-0.3, -0.25) is 0 Å². The largest absolute Gasteiger partial charge is 0.491 e. The highest BCUT2D eigenvalue weighted by Gasteiger charge is 2.30. The molecule has 0 atom stereocenters. The van der Waals surface area contributed by atoms with Crippen molar-refractivity contribution >= 4 is 0 Å². The van der Waals surface area contributed by atoms with Crippen molar-refractivity contribution in [3.05, 3.63) is 76.1 Å². The lowest BCUT2D eigenvalue weighted by Crippen LogP contribution is -2.10. The zero-order chi connectivity index (χ0) is 22.3. The van der Waals surface area contributed by atoms with Crippen LogP contribution in [0.2, 0.25) is 0 Å². The maximum atomic E-state index is 14.9. The van der Waals surface area contributed by atoms with Gasteiger partial charge in [-0.1, -0.05) is 31.5 Å². The lowest BCUT2D eigenvalue weighted by atomic mass is 9.94. The van der Waals surface area contributed by atoms with Gasteiger partial charge in [-0.05, 0) is 31.0 Å². The van der Waals surface area contributed by atoms with Crippen LogP contribution in [-0.2, 0) is 12.8 Å². The minimum absolute atomic E-state index is 0.0240. The van der Waals surface area contributed by atoms with Crippen LogP contribution in [0.5, 0.6) is 17.2 Å². The molecule has 4 rings (SSSR count). The first kappa shape index (κ1) is 21.2. The molecule has 2 nitrogen and oxygen atoms in total. The Balaban J connectivity index is 1.81. The molecule has 3 aromatic rings. The third-order valence-corrected chi connectivity index (χ3v) is 5.24. The fourth-order valence-corrected chi connectivity index (χ4v) is 3.76. The fourth-order valence-electron chi connectivity index (χ4n) is 3.76. The molecule has 162 valence electrons. The molecule has 0 unspecified atom stereocenters. The monoisotopic (exact) mass is 434 g/mol. The SMILES string of the molecule is CCCc1ccc(-c2cc3c(c(F)c2F)Oc2c(ccc(OCC)c2F)C3)c(F)c1F. The third kappa shape index (κ3) is 3.52. The van der Waals surface area contributed by atoms with Crippen molar-refractivity contribution in [3.8, 4) is 28.4 Å². The van der Waals surface area contributed by atoms with E-state index in [0.717, 1.165) is 0 Å². The van der Waals surface area contributed by atoms with Crippen LogP contribution in [0.25, 0.3) is 11.1 Å². The van der Waals surface area contributed by atoms with E-state index in [4.69, 9.17) is 9.47 Å². The Kier molecular flexibility index (Phi) is 5.60. The average Bonchev–Trinajstić information content (AvgIpc) is 2.76. The lowest BCUT2D eigenvalue weighted by molar-refractivity contribution is 0.310. The molecule has 0 amide bonds. The van der Waals surface area contributed by atoms with Crippen LogP contribution in [-0.4, -0.2) is 6.61 Å². The van der Waals surface area contributed by atoms with Crippen molar-refractivity contribution in [1.82, 2.24) is 0 Å². The summed E-state index contributed by atoms with van der Waals surface area (Å²) in [5, 5.41) is 0. The maximum Gasteiger partial charge on any atom is 0.207 e. The van der Waals surface area contributed by atoms with Crippen LogP contribution < -0.4 is 9.47 Å². The molecule has 1 aliphatic rings. The number of hydrogen-bond acceptors (Lipinski definition) is 2. The average molecular weight is 434 g/mol. The first-order chi connectivity index (χ1) is 14.9. The van der Waals surface area contributed by atoms with E-state index in [1.165, 1.54) is 24.3 Å². The van der Waals surface area contributed by atoms with E-state index in [-0.39, 0.29) is 41.2 Å². The van der Waals surface area contributed by atoms with Crippen LogP contribution >= 0.6 is 0 Å². The summed E-state index contributed by atoms with van der Waals surface area (Å²) in [4.78, 5) is 0.